The lowest BCUT2D eigenvalue weighted by atomic mass is 11.2. The number of nitrogens with zero attached hydrogens (tertiary/aromatic N) is 2. The Kier molecular flexibility index (Phi) is 5.39. The van der Waals surface area contributed by atoms with E-state index in [9.17, 15) is 9.36 Å². The molecule has 0 saturated heterocycles. The summed E-state index contributed by atoms with van der Waals surface area (Å²) >= 11 is 3.10. The van der Waals surface area contributed by atoms with E-state index >= 15 is 0 Å². The highest BCUT2D eigenvalue weighted by Gasteiger charge is 2.22. The molecule has 0 aliphatic heterocycles. The lowest BCUT2D eigenvalue weighted by Crippen LogP contribution is -2.12. The van der Waals surface area contributed by atoms with Crippen LogP contribution in [-0.2, 0) is 15.0 Å². The molecule has 0 N–H and O–H groups in total. The van der Waals surface area contributed by atoms with Crippen molar-refractivity contribution >= 4 is 39.9 Å². The predicted molar refractivity (Wildman–Crippen MR) is 68.6 cm³/mol. The summed E-state index contributed by atoms with van der Waals surface area (Å²) in [5.41, 5.74) is 0. The fourth-order valence-electron chi connectivity index (χ4n) is 0.757. The first-order valence-electron chi connectivity index (χ1n) is 4.02. The molecule has 0 aromatic carbocycles. The minimum atomic E-state index is -2.77. The van der Waals surface area contributed by atoms with Gasteiger partial charge >= 0.3 is 10.6 Å². The zero-order valence-corrected chi connectivity index (χ0v) is 12.3. The van der Waals surface area contributed by atoms with Crippen molar-refractivity contribution in [2.24, 2.45) is 0 Å². The molecule has 0 radical (unpaired) electrons. The summed E-state index contributed by atoms with van der Waals surface area (Å²) in [6.07, 6.45) is 1.70. The number of rotatable bonds is 6. The van der Waals surface area contributed by atoms with Gasteiger partial charge in [-0.1, -0.05) is 11.4 Å². The first-order valence-corrected chi connectivity index (χ1v) is 9.89. The highest BCUT2D eigenvalue weighted by atomic mass is 33.1. The highest BCUT2D eigenvalue weighted by Crippen LogP contribution is 2.68. The van der Waals surface area contributed by atoms with Crippen LogP contribution in [0, 0.1) is 0 Å². The summed E-state index contributed by atoms with van der Waals surface area (Å²) in [6, 6.07) is 0. The maximum Gasteiger partial charge on any atom is 0.329 e. The van der Waals surface area contributed by atoms with Crippen LogP contribution < -0.4 is 9.61 Å². The third-order valence-corrected chi connectivity index (χ3v) is 9.75. The zero-order chi connectivity index (χ0) is 12.2. The van der Waals surface area contributed by atoms with Crippen LogP contribution in [0.15, 0.2) is 4.79 Å². The van der Waals surface area contributed by atoms with Gasteiger partial charge in [-0.15, -0.1) is 5.10 Å². The van der Waals surface area contributed by atoms with E-state index in [0.29, 0.717) is 5.19 Å². The van der Waals surface area contributed by atoms with Crippen molar-refractivity contribution < 1.29 is 13.8 Å². The predicted octanol–water partition coefficient (Wildman–Crippen LogP) is 2.12. The van der Waals surface area contributed by atoms with Crippen LogP contribution in [0.1, 0.15) is 0 Å². The maximum atomic E-state index is 11.8. The van der Waals surface area contributed by atoms with Crippen molar-refractivity contribution in [2.45, 2.75) is 5.88 Å². The molecule has 1 aromatic rings. The number of aromatic nitrogens is 2. The molecule has 1 atom stereocenters. The number of ether oxygens (including phenoxy) is 1. The van der Waals surface area contributed by atoms with Gasteiger partial charge < -0.3 is 9.26 Å². The lowest BCUT2D eigenvalue weighted by molar-refractivity contribution is 0.400. The van der Waals surface area contributed by atoms with Crippen molar-refractivity contribution in [2.75, 3.05) is 20.5 Å². The minimum absolute atomic E-state index is 0.185. The van der Waals surface area contributed by atoms with Crippen molar-refractivity contribution in [1.82, 2.24) is 9.78 Å². The molecule has 0 fully saturated rings. The normalized spacial score (nSPS) is 14.7. The Morgan fingerprint density at radius 3 is 2.69 bits per heavy atom. The molecule has 16 heavy (non-hydrogen) atoms. The third kappa shape index (κ3) is 3.53. The van der Waals surface area contributed by atoms with E-state index in [4.69, 9.17) is 9.26 Å². The summed E-state index contributed by atoms with van der Waals surface area (Å²) in [4.78, 5) is 11.1. The molecular formula is C6H11N2O4PS3. The average molecular weight is 302 g/mol. The molecule has 0 saturated carbocycles. The van der Waals surface area contributed by atoms with Crippen molar-refractivity contribution in [3.8, 4) is 5.19 Å². The highest BCUT2D eigenvalue weighted by molar-refractivity contribution is 8.88. The fourth-order valence-corrected chi connectivity index (χ4v) is 5.41. The van der Waals surface area contributed by atoms with Gasteiger partial charge in [0, 0.05) is 7.11 Å². The summed E-state index contributed by atoms with van der Waals surface area (Å²) < 4.78 is 22.8. The van der Waals surface area contributed by atoms with Gasteiger partial charge in [0.25, 0.3) is 5.19 Å². The first kappa shape index (κ1) is 14.1. The SMILES string of the molecule is COc1nn(CSP(=O)(OC)SC)c(=O)s1. The smallest absolute Gasteiger partial charge is 0.329 e. The standard InChI is InChI=1S/C6H11N2O4PS3/c1-11-5-7-8(6(9)16-5)4-15-13(10,12-2)14-3/h4H2,1-3H3. The van der Waals surface area contributed by atoms with E-state index < -0.39 is 5.77 Å². The van der Waals surface area contributed by atoms with E-state index in [1.165, 1.54) is 18.9 Å². The van der Waals surface area contributed by atoms with Crippen molar-refractivity contribution in [1.29, 1.82) is 0 Å². The molecule has 0 bridgehead atoms. The summed E-state index contributed by atoms with van der Waals surface area (Å²) in [6.45, 7) is 0. The molecule has 0 aliphatic carbocycles. The first-order chi connectivity index (χ1) is 7.54. The van der Waals surface area contributed by atoms with Gasteiger partial charge in [0.15, 0.2) is 0 Å². The van der Waals surface area contributed by atoms with Crippen LogP contribution in [0.25, 0.3) is 0 Å². The quantitative estimate of drug-likeness (QED) is 0.745. The minimum Gasteiger partial charge on any atom is -0.472 e. The van der Waals surface area contributed by atoms with Gasteiger partial charge in [-0.2, -0.15) is 0 Å². The Balaban J connectivity index is 2.71. The summed E-state index contributed by atoms with van der Waals surface area (Å²) in [5.74, 6) is -2.58. The molecule has 1 aromatic heterocycles. The van der Waals surface area contributed by atoms with E-state index in [2.05, 4.69) is 5.10 Å². The second-order valence-corrected chi connectivity index (χ2v) is 10.9. The second kappa shape index (κ2) is 6.11. The topological polar surface area (TPSA) is 70.4 Å². The molecule has 1 rings (SSSR count). The molecule has 6 nitrogen and oxygen atoms in total. The Hall–Kier alpha value is 0.0500. The number of methoxy groups -OCH3 is 1. The van der Waals surface area contributed by atoms with E-state index in [0.717, 1.165) is 34.1 Å². The number of hydrogen-bond donors (Lipinski definition) is 0. The lowest BCUT2D eigenvalue weighted by Gasteiger charge is -2.10. The van der Waals surface area contributed by atoms with Crippen LogP contribution in [0.2, 0.25) is 0 Å². The average Bonchev–Trinajstić information content (AvgIpc) is 2.67. The molecule has 1 heterocycles. The van der Waals surface area contributed by atoms with Gasteiger partial charge in [-0.05, 0) is 29.0 Å². The molecule has 1 unspecified atom stereocenters. The van der Waals surface area contributed by atoms with Crippen LogP contribution >= 0.6 is 39.9 Å². The van der Waals surface area contributed by atoms with E-state index in [1.807, 2.05) is 0 Å². The van der Waals surface area contributed by atoms with Gasteiger partial charge in [-0.3, -0.25) is 9.36 Å². The zero-order valence-electron chi connectivity index (χ0n) is 8.91. The van der Waals surface area contributed by atoms with Crippen LogP contribution in [0.3, 0.4) is 0 Å². The van der Waals surface area contributed by atoms with E-state index in [-0.39, 0.29) is 10.7 Å². The van der Waals surface area contributed by atoms with Crippen molar-refractivity contribution in [3.05, 3.63) is 9.67 Å². The Bertz CT molecular complexity index is 437. The fraction of sp³-hybridized carbons (Fsp3) is 0.667. The van der Waals surface area contributed by atoms with Crippen LogP contribution in [0.4, 0.5) is 0 Å². The Morgan fingerprint density at radius 1 is 1.56 bits per heavy atom. The van der Waals surface area contributed by atoms with Gasteiger partial charge in [0.1, 0.15) is 5.88 Å². The van der Waals surface area contributed by atoms with Crippen molar-refractivity contribution in [3.63, 3.8) is 0 Å². The number of hydrogen-bond acceptors (Lipinski definition) is 8. The van der Waals surface area contributed by atoms with Crippen LogP contribution in [0.5, 0.6) is 5.19 Å². The Morgan fingerprint density at radius 2 is 2.25 bits per heavy atom. The molecule has 0 amide bonds. The monoisotopic (exact) mass is 302 g/mol. The largest absolute Gasteiger partial charge is 0.472 e. The summed E-state index contributed by atoms with van der Waals surface area (Å²) in [7, 11) is 2.83. The van der Waals surface area contributed by atoms with Gasteiger partial charge in [-0.25, -0.2) is 4.68 Å². The molecule has 0 spiro atoms. The molecular weight excluding hydrogens is 291 g/mol. The molecule has 10 heteroatoms. The second-order valence-electron chi connectivity index (χ2n) is 2.41. The maximum absolute atomic E-state index is 11.8. The molecule has 92 valence electrons. The third-order valence-electron chi connectivity index (χ3n) is 1.55. The van der Waals surface area contributed by atoms with Gasteiger partial charge in [0.2, 0.25) is 0 Å². The molecule has 0 aliphatic rings. The Labute approximate surface area is 105 Å². The van der Waals surface area contributed by atoms with E-state index in [1.54, 1.807) is 6.26 Å². The van der Waals surface area contributed by atoms with Crippen LogP contribution in [-0.4, -0.2) is 30.3 Å². The van der Waals surface area contributed by atoms with Gasteiger partial charge in [0.05, 0.1) is 7.11 Å². The summed E-state index contributed by atoms with van der Waals surface area (Å²) in [5, 5.41) is 4.19.